The summed E-state index contributed by atoms with van der Waals surface area (Å²) in [4.78, 5) is 21.9. The molecule has 1 atom stereocenters. The predicted octanol–water partition coefficient (Wildman–Crippen LogP) is 3.43. The molecule has 0 aliphatic heterocycles. The van der Waals surface area contributed by atoms with Crippen LogP contribution in [-0.2, 0) is 6.42 Å². The van der Waals surface area contributed by atoms with Crippen molar-refractivity contribution in [3.8, 4) is 0 Å². The summed E-state index contributed by atoms with van der Waals surface area (Å²) in [7, 11) is 0. The average molecular weight is 313 g/mol. The second kappa shape index (κ2) is 6.91. The number of nitrogens with one attached hydrogen (secondary N) is 1. The van der Waals surface area contributed by atoms with Crippen molar-refractivity contribution in [2.75, 3.05) is 5.32 Å². The van der Waals surface area contributed by atoms with E-state index in [1.807, 2.05) is 31.2 Å². The van der Waals surface area contributed by atoms with Crippen molar-refractivity contribution in [2.45, 2.75) is 26.3 Å². The van der Waals surface area contributed by atoms with Crippen molar-refractivity contribution in [3.05, 3.63) is 69.3 Å². The van der Waals surface area contributed by atoms with Gasteiger partial charge in [-0.05, 0) is 36.6 Å². The summed E-state index contributed by atoms with van der Waals surface area (Å²) < 4.78 is 0. The molecule has 1 amide bonds. The highest BCUT2D eigenvalue weighted by molar-refractivity contribution is 5.94. The van der Waals surface area contributed by atoms with Crippen molar-refractivity contribution in [2.24, 2.45) is 5.73 Å². The van der Waals surface area contributed by atoms with Crippen LogP contribution in [0.4, 0.5) is 11.4 Å². The maximum atomic E-state index is 11.2. The Morgan fingerprint density at radius 3 is 2.43 bits per heavy atom. The van der Waals surface area contributed by atoms with Crippen LogP contribution in [0.5, 0.6) is 0 Å². The van der Waals surface area contributed by atoms with E-state index in [1.165, 1.54) is 23.8 Å². The lowest BCUT2D eigenvalue weighted by molar-refractivity contribution is -0.384. The molecule has 0 heterocycles. The summed E-state index contributed by atoms with van der Waals surface area (Å²) in [6.07, 6.45) is 0.960. The molecule has 0 fully saturated rings. The number of nitrogens with zero attached hydrogens (tertiary/aromatic N) is 1. The maximum absolute atomic E-state index is 11.2. The molecule has 0 aliphatic rings. The van der Waals surface area contributed by atoms with Gasteiger partial charge in [0.2, 0.25) is 5.91 Å². The SMILES string of the molecule is CCc1ccc(C(C)Nc2ccc(C(N)=O)cc2[N+](=O)[O-])cc1. The fourth-order valence-electron chi connectivity index (χ4n) is 2.32. The third kappa shape index (κ3) is 3.85. The molecule has 2 aromatic carbocycles. The summed E-state index contributed by atoms with van der Waals surface area (Å²) in [5, 5.41) is 14.3. The van der Waals surface area contributed by atoms with Crippen LogP contribution in [0.3, 0.4) is 0 Å². The van der Waals surface area contributed by atoms with Crippen LogP contribution < -0.4 is 11.1 Å². The van der Waals surface area contributed by atoms with E-state index in [-0.39, 0.29) is 17.3 Å². The number of hydrogen-bond acceptors (Lipinski definition) is 4. The number of anilines is 1. The van der Waals surface area contributed by atoms with E-state index >= 15 is 0 Å². The Morgan fingerprint density at radius 2 is 1.91 bits per heavy atom. The van der Waals surface area contributed by atoms with Crippen molar-refractivity contribution >= 4 is 17.3 Å². The molecule has 6 nitrogen and oxygen atoms in total. The number of primary amides is 1. The molecule has 0 spiro atoms. The van der Waals surface area contributed by atoms with Crippen molar-refractivity contribution in [3.63, 3.8) is 0 Å². The van der Waals surface area contributed by atoms with Crippen molar-refractivity contribution < 1.29 is 9.72 Å². The molecule has 0 saturated heterocycles. The molecule has 120 valence electrons. The van der Waals surface area contributed by atoms with E-state index in [1.54, 1.807) is 0 Å². The van der Waals surface area contributed by atoms with Crippen LogP contribution >= 0.6 is 0 Å². The fourth-order valence-corrected chi connectivity index (χ4v) is 2.32. The molecular formula is C17H19N3O3. The second-order valence-electron chi connectivity index (χ2n) is 5.31. The molecule has 0 aliphatic carbocycles. The molecule has 2 rings (SSSR count). The Kier molecular flexibility index (Phi) is 4.95. The standard InChI is InChI=1S/C17H19N3O3/c1-3-12-4-6-13(7-5-12)11(2)19-15-9-8-14(17(18)21)10-16(15)20(22)23/h4-11,19H,3H2,1-2H3,(H2,18,21). The van der Waals surface area contributed by atoms with Gasteiger partial charge in [0.1, 0.15) is 5.69 Å². The summed E-state index contributed by atoms with van der Waals surface area (Å²) in [5.41, 5.74) is 7.73. The Bertz CT molecular complexity index is 726. The van der Waals surface area contributed by atoms with Crippen molar-refractivity contribution in [1.82, 2.24) is 0 Å². The summed E-state index contributed by atoms with van der Waals surface area (Å²) in [5.74, 6) is -0.692. The first kappa shape index (κ1) is 16.5. The van der Waals surface area contributed by atoms with E-state index in [0.29, 0.717) is 5.69 Å². The first-order chi connectivity index (χ1) is 10.9. The van der Waals surface area contributed by atoms with E-state index < -0.39 is 10.8 Å². The molecule has 0 radical (unpaired) electrons. The van der Waals surface area contributed by atoms with Gasteiger partial charge >= 0.3 is 0 Å². The molecule has 1 unspecified atom stereocenters. The number of nitro benzene ring substituents is 1. The first-order valence-corrected chi connectivity index (χ1v) is 7.36. The first-order valence-electron chi connectivity index (χ1n) is 7.36. The number of nitrogens with two attached hydrogens (primary N) is 1. The number of amides is 1. The molecule has 23 heavy (non-hydrogen) atoms. The monoisotopic (exact) mass is 313 g/mol. The Labute approximate surface area is 134 Å². The van der Waals surface area contributed by atoms with E-state index in [2.05, 4.69) is 12.2 Å². The van der Waals surface area contributed by atoms with Gasteiger partial charge in [0.05, 0.1) is 4.92 Å². The fraction of sp³-hybridized carbons (Fsp3) is 0.235. The van der Waals surface area contributed by atoms with Crippen LogP contribution in [0.1, 0.15) is 41.4 Å². The number of carbonyl (C=O) groups is 1. The molecule has 3 N–H and O–H groups in total. The maximum Gasteiger partial charge on any atom is 0.293 e. The largest absolute Gasteiger partial charge is 0.373 e. The molecule has 0 aromatic heterocycles. The molecule has 0 bridgehead atoms. The number of rotatable bonds is 6. The lowest BCUT2D eigenvalue weighted by atomic mass is 10.0. The number of aryl methyl sites for hydroxylation is 1. The summed E-state index contributed by atoms with van der Waals surface area (Å²) >= 11 is 0. The molecule has 2 aromatic rings. The number of hydrogen-bond donors (Lipinski definition) is 2. The van der Waals surface area contributed by atoms with Crippen LogP contribution in [0.15, 0.2) is 42.5 Å². The van der Waals surface area contributed by atoms with Crippen LogP contribution in [-0.4, -0.2) is 10.8 Å². The van der Waals surface area contributed by atoms with Gasteiger partial charge < -0.3 is 11.1 Å². The minimum Gasteiger partial charge on any atom is -0.373 e. The summed E-state index contributed by atoms with van der Waals surface area (Å²) in [6.45, 7) is 4.01. The molecular weight excluding hydrogens is 294 g/mol. The van der Waals surface area contributed by atoms with Gasteiger partial charge in [0, 0.05) is 17.7 Å². The van der Waals surface area contributed by atoms with E-state index in [0.717, 1.165) is 12.0 Å². The average Bonchev–Trinajstić information content (AvgIpc) is 2.54. The van der Waals surface area contributed by atoms with Gasteiger partial charge in [0.15, 0.2) is 0 Å². The van der Waals surface area contributed by atoms with E-state index in [4.69, 9.17) is 5.73 Å². The number of benzene rings is 2. The van der Waals surface area contributed by atoms with Crippen LogP contribution in [0.25, 0.3) is 0 Å². The molecule has 0 saturated carbocycles. The lowest BCUT2D eigenvalue weighted by Gasteiger charge is -2.16. The highest BCUT2D eigenvalue weighted by Gasteiger charge is 2.18. The smallest absolute Gasteiger partial charge is 0.293 e. The second-order valence-corrected chi connectivity index (χ2v) is 5.31. The minimum atomic E-state index is -0.692. The van der Waals surface area contributed by atoms with Crippen LogP contribution in [0, 0.1) is 10.1 Å². The van der Waals surface area contributed by atoms with Gasteiger partial charge in [-0.2, -0.15) is 0 Å². The third-order valence-electron chi connectivity index (χ3n) is 3.74. The topological polar surface area (TPSA) is 98.3 Å². The number of nitro groups is 1. The normalized spacial score (nSPS) is 11.7. The minimum absolute atomic E-state index is 0.112. The number of carbonyl (C=O) groups excluding carboxylic acids is 1. The van der Waals surface area contributed by atoms with Gasteiger partial charge in [-0.3, -0.25) is 14.9 Å². The lowest BCUT2D eigenvalue weighted by Crippen LogP contribution is -2.13. The van der Waals surface area contributed by atoms with Crippen LogP contribution in [0.2, 0.25) is 0 Å². The van der Waals surface area contributed by atoms with Gasteiger partial charge in [-0.15, -0.1) is 0 Å². The third-order valence-corrected chi connectivity index (χ3v) is 3.74. The summed E-state index contributed by atoms with van der Waals surface area (Å²) in [6, 6.07) is 12.1. The Balaban J connectivity index is 2.27. The highest BCUT2D eigenvalue weighted by atomic mass is 16.6. The Hall–Kier alpha value is -2.89. The Morgan fingerprint density at radius 1 is 1.26 bits per heavy atom. The zero-order chi connectivity index (χ0) is 17.0. The zero-order valence-electron chi connectivity index (χ0n) is 13.1. The van der Waals surface area contributed by atoms with E-state index in [9.17, 15) is 14.9 Å². The van der Waals surface area contributed by atoms with Gasteiger partial charge in [-0.25, -0.2) is 0 Å². The van der Waals surface area contributed by atoms with Crippen molar-refractivity contribution in [1.29, 1.82) is 0 Å². The highest BCUT2D eigenvalue weighted by Crippen LogP contribution is 2.29. The van der Waals surface area contributed by atoms with Gasteiger partial charge in [-0.1, -0.05) is 31.2 Å². The quantitative estimate of drug-likeness (QED) is 0.630. The predicted molar refractivity (Wildman–Crippen MR) is 89.5 cm³/mol. The van der Waals surface area contributed by atoms with Gasteiger partial charge in [0.25, 0.3) is 5.69 Å². The zero-order valence-corrected chi connectivity index (χ0v) is 13.1. The molecule has 6 heteroatoms.